The van der Waals surface area contributed by atoms with Crippen LogP contribution in [0.4, 0.5) is 5.00 Å². The highest BCUT2D eigenvalue weighted by Crippen LogP contribution is 2.39. The number of fused-ring (bicyclic) bond motifs is 1. The molecule has 0 spiro atoms. The summed E-state index contributed by atoms with van der Waals surface area (Å²) in [6.45, 7) is 2.20. The van der Waals surface area contributed by atoms with Gasteiger partial charge in [-0.3, -0.25) is 9.32 Å². The molecule has 3 aromatic rings. The van der Waals surface area contributed by atoms with Gasteiger partial charge in [0.1, 0.15) is 11.1 Å². The molecule has 29 heavy (non-hydrogen) atoms. The first-order valence-corrected chi connectivity index (χ1v) is 11.0. The quantitative estimate of drug-likeness (QED) is 0.481. The molecule has 1 atom stereocenters. The van der Waals surface area contributed by atoms with E-state index in [1.807, 2.05) is 30.3 Å². The Hall–Kier alpha value is -2.83. The molecule has 1 aliphatic carbocycles. The van der Waals surface area contributed by atoms with Crippen LogP contribution in [0.2, 0.25) is 0 Å². The van der Waals surface area contributed by atoms with Gasteiger partial charge in [-0.05, 0) is 52.5 Å². The highest BCUT2D eigenvalue weighted by molar-refractivity contribution is 7.99. The lowest BCUT2D eigenvalue weighted by atomic mass is 9.89. The molecule has 0 fully saturated rings. The molecule has 7 nitrogen and oxygen atoms in total. The van der Waals surface area contributed by atoms with Crippen molar-refractivity contribution in [1.29, 1.82) is 5.26 Å². The maximum Gasteiger partial charge on any atom is 0.442 e. The lowest BCUT2D eigenvalue weighted by Crippen LogP contribution is -2.36. The molecular weight excluding hydrogens is 408 g/mol. The van der Waals surface area contributed by atoms with Crippen molar-refractivity contribution in [3.63, 3.8) is 0 Å². The van der Waals surface area contributed by atoms with Gasteiger partial charge < -0.3 is 5.32 Å². The first kappa shape index (κ1) is 19.5. The summed E-state index contributed by atoms with van der Waals surface area (Å²) in [6, 6.07) is 11.5. The van der Waals surface area contributed by atoms with E-state index in [2.05, 4.69) is 23.6 Å². The van der Waals surface area contributed by atoms with Crippen LogP contribution in [0.25, 0.3) is 5.69 Å². The Morgan fingerprint density at radius 2 is 2.24 bits per heavy atom. The number of nitrogens with one attached hydrogen (secondary N) is 2. The number of nitrogens with zero attached hydrogens (tertiary/aromatic N) is 2. The summed E-state index contributed by atoms with van der Waals surface area (Å²) >= 11 is 2.58. The third-order valence-corrected chi connectivity index (χ3v) is 7.04. The second kappa shape index (κ2) is 8.27. The fourth-order valence-electron chi connectivity index (χ4n) is 3.39. The lowest BCUT2D eigenvalue weighted by molar-refractivity contribution is -0.704. The third-order valence-electron chi connectivity index (χ3n) is 4.84. The van der Waals surface area contributed by atoms with Gasteiger partial charge in [0.2, 0.25) is 11.6 Å². The van der Waals surface area contributed by atoms with E-state index in [0.29, 0.717) is 16.5 Å². The number of benzene rings is 1. The number of rotatable bonds is 5. The van der Waals surface area contributed by atoms with Crippen molar-refractivity contribution >= 4 is 34.0 Å². The standard InChI is InChI=1S/C20H18N4O3S2/c1-12-7-8-14-15(10-21)18(29-16(14)9-12)22-17(25)11-28-19-20(26)27-23-24(19)13-5-3-2-4-6-13/h2-6,12H,7-9,11H2,1H3,(H-,22,23,25,26)/p+1. The average molecular weight is 428 g/mol. The number of hydrogen-bond acceptors (Lipinski definition) is 6. The molecule has 1 amide bonds. The van der Waals surface area contributed by atoms with Crippen LogP contribution in [0.1, 0.15) is 29.3 Å². The average Bonchev–Trinajstić information content (AvgIpc) is 3.25. The van der Waals surface area contributed by atoms with Crippen molar-refractivity contribution < 1.29 is 14.0 Å². The molecule has 148 valence electrons. The first-order chi connectivity index (χ1) is 14.1. The van der Waals surface area contributed by atoms with Crippen molar-refractivity contribution in [2.24, 2.45) is 5.92 Å². The number of anilines is 1. The number of aromatic amines is 1. The van der Waals surface area contributed by atoms with Gasteiger partial charge in [0.15, 0.2) is 0 Å². The number of nitriles is 1. The number of amides is 1. The van der Waals surface area contributed by atoms with E-state index in [0.717, 1.165) is 42.3 Å². The van der Waals surface area contributed by atoms with Crippen LogP contribution < -0.4 is 15.6 Å². The summed E-state index contributed by atoms with van der Waals surface area (Å²) in [4.78, 5) is 25.8. The normalized spacial score (nSPS) is 15.5. The molecule has 0 bridgehead atoms. The van der Waals surface area contributed by atoms with Gasteiger partial charge >= 0.3 is 10.7 Å². The summed E-state index contributed by atoms with van der Waals surface area (Å²) in [5.74, 6) is 0.352. The third kappa shape index (κ3) is 3.99. The molecule has 1 aromatic carbocycles. The minimum atomic E-state index is -0.537. The van der Waals surface area contributed by atoms with Crippen LogP contribution in [0.5, 0.6) is 0 Å². The fraction of sp³-hybridized carbons (Fsp3) is 0.300. The number of aromatic nitrogens is 2. The molecule has 1 unspecified atom stereocenters. The van der Waals surface area contributed by atoms with Crippen molar-refractivity contribution in [3.05, 3.63) is 56.8 Å². The second-order valence-corrected chi connectivity index (χ2v) is 9.03. The van der Waals surface area contributed by atoms with E-state index in [9.17, 15) is 14.9 Å². The molecule has 9 heteroatoms. The number of carbonyl (C=O) groups excluding carboxylic acids is 1. The molecule has 0 saturated heterocycles. The van der Waals surface area contributed by atoms with Gasteiger partial charge in [0.05, 0.1) is 11.3 Å². The van der Waals surface area contributed by atoms with Gasteiger partial charge in [0, 0.05) is 17.0 Å². The first-order valence-electron chi connectivity index (χ1n) is 9.23. The zero-order chi connectivity index (χ0) is 20.4. The SMILES string of the molecule is CC1CCc2c(sc(NC(=O)CSc3c(=O)o[nH][n+]3-c3ccccc3)c2C#N)C1. The fourth-order valence-corrected chi connectivity index (χ4v) is 5.54. The zero-order valence-electron chi connectivity index (χ0n) is 15.7. The number of carbonyl (C=O) groups is 1. The second-order valence-electron chi connectivity index (χ2n) is 6.96. The molecular formula is C20H19N4O3S2+. The molecule has 2 N–H and O–H groups in total. The summed E-state index contributed by atoms with van der Waals surface area (Å²) in [5.41, 5.74) is 1.85. The summed E-state index contributed by atoms with van der Waals surface area (Å²) in [6.07, 6.45) is 2.88. The zero-order valence-corrected chi connectivity index (χ0v) is 17.4. The Balaban J connectivity index is 1.48. The molecule has 1 aliphatic rings. The predicted molar refractivity (Wildman–Crippen MR) is 110 cm³/mol. The number of H-pyrrole nitrogens is 1. The number of para-hydroxylation sites is 1. The minimum absolute atomic E-state index is 0.0271. The van der Waals surface area contributed by atoms with E-state index in [-0.39, 0.29) is 16.7 Å². The van der Waals surface area contributed by atoms with E-state index in [1.165, 1.54) is 20.9 Å². The predicted octanol–water partition coefficient (Wildman–Crippen LogP) is 3.03. The Bertz CT molecular complexity index is 1140. The van der Waals surface area contributed by atoms with Gasteiger partial charge in [-0.15, -0.1) is 11.3 Å². The van der Waals surface area contributed by atoms with E-state index >= 15 is 0 Å². The maximum atomic E-state index is 12.5. The summed E-state index contributed by atoms with van der Waals surface area (Å²) in [7, 11) is 0. The number of thiophene rings is 1. The highest BCUT2D eigenvalue weighted by Gasteiger charge is 2.27. The van der Waals surface area contributed by atoms with Crippen LogP contribution in [0.3, 0.4) is 0 Å². The number of thioether (sulfide) groups is 1. The molecule has 0 aliphatic heterocycles. The molecule has 0 saturated carbocycles. The van der Waals surface area contributed by atoms with Gasteiger partial charge in [0.25, 0.3) is 0 Å². The topological polar surface area (TPSA) is 103 Å². The lowest BCUT2D eigenvalue weighted by Gasteiger charge is -2.17. The Morgan fingerprint density at radius 3 is 3.00 bits per heavy atom. The van der Waals surface area contributed by atoms with Gasteiger partial charge in [-0.2, -0.15) is 5.26 Å². The summed E-state index contributed by atoms with van der Waals surface area (Å²) < 4.78 is 6.40. The smallest absolute Gasteiger partial charge is 0.316 e. The maximum absolute atomic E-state index is 12.5. The van der Waals surface area contributed by atoms with E-state index in [1.54, 1.807) is 0 Å². The molecule has 2 aromatic heterocycles. The molecule has 4 rings (SSSR count). The van der Waals surface area contributed by atoms with Crippen LogP contribution in [-0.2, 0) is 17.6 Å². The van der Waals surface area contributed by atoms with Gasteiger partial charge in [-0.25, -0.2) is 4.79 Å². The Morgan fingerprint density at radius 1 is 1.45 bits per heavy atom. The van der Waals surface area contributed by atoms with E-state index in [4.69, 9.17) is 4.52 Å². The Kier molecular flexibility index (Phi) is 5.56. The van der Waals surface area contributed by atoms with Crippen LogP contribution in [-0.4, -0.2) is 16.9 Å². The van der Waals surface area contributed by atoms with Crippen LogP contribution in [0.15, 0.2) is 44.7 Å². The van der Waals surface area contributed by atoms with Gasteiger partial charge in [-0.1, -0.05) is 25.1 Å². The van der Waals surface area contributed by atoms with Crippen molar-refractivity contribution in [2.45, 2.75) is 31.2 Å². The van der Waals surface area contributed by atoms with Crippen LogP contribution in [0, 0.1) is 17.2 Å². The van der Waals surface area contributed by atoms with Crippen molar-refractivity contribution in [1.82, 2.24) is 5.27 Å². The monoisotopic (exact) mass is 427 g/mol. The van der Waals surface area contributed by atoms with Crippen LogP contribution >= 0.6 is 23.1 Å². The molecule has 2 heterocycles. The highest BCUT2D eigenvalue weighted by atomic mass is 32.2. The Labute approximate surface area is 175 Å². The minimum Gasteiger partial charge on any atom is -0.316 e. The summed E-state index contributed by atoms with van der Waals surface area (Å²) in [5, 5.41) is 15.9. The molecule has 0 radical (unpaired) electrons. The van der Waals surface area contributed by atoms with Crippen molar-refractivity contribution in [3.8, 4) is 11.8 Å². The number of hydrogen-bond donors (Lipinski definition) is 2. The largest absolute Gasteiger partial charge is 0.442 e. The van der Waals surface area contributed by atoms with E-state index < -0.39 is 5.63 Å². The van der Waals surface area contributed by atoms with Crippen molar-refractivity contribution in [2.75, 3.05) is 11.1 Å².